The van der Waals surface area contributed by atoms with Crippen LogP contribution in [-0.4, -0.2) is 103 Å². The predicted octanol–water partition coefficient (Wildman–Crippen LogP) is 0.224. The van der Waals surface area contributed by atoms with Gasteiger partial charge >= 0.3 is 0 Å². The summed E-state index contributed by atoms with van der Waals surface area (Å²) in [4.78, 5) is 96.5. The molecule has 3 rings (SSSR count). The largest absolute Gasteiger partial charge is 0.790 e. The Kier molecular flexibility index (Phi) is 21.7. The first kappa shape index (κ1) is 53.6. The molecule has 3 heterocycles. The highest BCUT2D eigenvalue weighted by molar-refractivity contribution is 8.13. The highest BCUT2D eigenvalue weighted by Crippen LogP contribution is 2.56. The van der Waals surface area contributed by atoms with Gasteiger partial charge < -0.3 is 69.0 Å². The molecule has 7 atom stereocenters. The molecule has 0 aliphatic carbocycles. The Labute approximate surface area is 362 Å². The number of nitrogens with zero attached hydrogens (tertiary/aromatic N) is 4. The molecule has 0 saturated carbocycles. The minimum atomic E-state index is -5.92. The fourth-order valence-corrected chi connectivity index (χ4v) is 9.26. The number of thioether (sulfide) groups is 1. The lowest BCUT2D eigenvalue weighted by Gasteiger charge is -2.36. The number of amides is 2. The van der Waals surface area contributed by atoms with Gasteiger partial charge in [0.25, 0.3) is 15.6 Å². The Balaban J connectivity index is 1.38. The van der Waals surface area contributed by atoms with Crippen molar-refractivity contribution < 1.29 is 80.5 Å². The summed E-state index contributed by atoms with van der Waals surface area (Å²) in [5.74, 6) is -1.16. The first-order valence-corrected chi connectivity index (χ1v) is 25.0. The number of fused-ring (bicyclic) bond motifs is 1. The van der Waals surface area contributed by atoms with Gasteiger partial charge in [0.1, 0.15) is 36.3 Å². The number of aliphatic hydroxyl groups excluding tert-OH is 2. The molecule has 352 valence electrons. The van der Waals surface area contributed by atoms with Crippen LogP contribution in [0.25, 0.3) is 11.2 Å². The van der Waals surface area contributed by atoms with Gasteiger partial charge in [-0.15, -0.1) is 0 Å². The molecule has 0 bridgehead atoms. The third-order valence-corrected chi connectivity index (χ3v) is 13.1. The Morgan fingerprint density at radius 2 is 1.66 bits per heavy atom. The second-order valence-corrected chi connectivity index (χ2v) is 20.0. The lowest BCUT2D eigenvalue weighted by atomic mass is 9.87. The summed E-state index contributed by atoms with van der Waals surface area (Å²) in [5.41, 5.74) is 4.08. The van der Waals surface area contributed by atoms with Crippen molar-refractivity contribution in [3.8, 4) is 0 Å². The van der Waals surface area contributed by atoms with E-state index in [4.69, 9.17) is 10.5 Å². The number of carbonyl (C=O) groups is 3. The van der Waals surface area contributed by atoms with Crippen LogP contribution in [0.15, 0.2) is 24.8 Å². The van der Waals surface area contributed by atoms with Crippen LogP contribution in [0, 0.1) is 5.41 Å². The van der Waals surface area contributed by atoms with E-state index >= 15 is 0 Å². The number of phosphoric ester groups is 3. The zero-order valence-corrected chi connectivity index (χ0v) is 37.9. The van der Waals surface area contributed by atoms with Gasteiger partial charge in [-0.2, -0.15) is 0 Å². The number of nitrogen functional groups attached to an aromatic ring is 1. The van der Waals surface area contributed by atoms with Crippen molar-refractivity contribution in [1.82, 2.24) is 30.2 Å². The monoisotopic (exact) mass is 957 g/mol. The van der Waals surface area contributed by atoms with E-state index in [9.17, 15) is 57.9 Å². The van der Waals surface area contributed by atoms with Gasteiger partial charge in [-0.25, -0.2) is 19.3 Å². The first-order chi connectivity index (χ1) is 29.1. The number of hydrogen-bond donors (Lipinski definition) is 5. The van der Waals surface area contributed by atoms with E-state index in [0.717, 1.165) is 54.7 Å². The third-order valence-electron chi connectivity index (χ3n) is 9.13. The van der Waals surface area contributed by atoms with Crippen molar-refractivity contribution in [1.29, 1.82) is 0 Å². The maximum absolute atomic E-state index is 12.6. The lowest BCUT2D eigenvalue weighted by molar-refractivity contribution is -0.347. The number of aliphatic hydroxyl groups is 2. The van der Waals surface area contributed by atoms with E-state index in [1.807, 2.05) is 0 Å². The van der Waals surface area contributed by atoms with Crippen LogP contribution in [0.5, 0.6) is 0 Å². The van der Waals surface area contributed by atoms with Crippen LogP contribution in [0.1, 0.15) is 91.2 Å². The second kappa shape index (κ2) is 25.1. The van der Waals surface area contributed by atoms with E-state index in [1.54, 1.807) is 0 Å². The van der Waals surface area contributed by atoms with Crippen molar-refractivity contribution >= 4 is 69.1 Å². The van der Waals surface area contributed by atoms with Crippen LogP contribution in [0.3, 0.4) is 0 Å². The fourth-order valence-electron chi connectivity index (χ4n) is 5.80. The van der Waals surface area contributed by atoms with Crippen LogP contribution in [-0.2, 0) is 50.7 Å². The zero-order chi connectivity index (χ0) is 46.1. The van der Waals surface area contributed by atoms with Gasteiger partial charge in [0, 0.05) is 37.1 Å². The van der Waals surface area contributed by atoms with Gasteiger partial charge in [0.15, 0.2) is 22.8 Å². The van der Waals surface area contributed by atoms with Gasteiger partial charge in [0.2, 0.25) is 11.8 Å². The fraction of sp³-hybridized carbons (Fsp3) is 0.706. The summed E-state index contributed by atoms with van der Waals surface area (Å²) in [7, 11) is -17.6. The standard InChI is InChI=1S/C34H58N7O17P3S/c1-4-5-6-7-8-9-10-11-12-13-14-25(43)62-18-17-36-24(42)15-16-37-32(46)29(45)34(2,3)20-55-61(52,53)58-60(50,51)54-19-23-28(57-59(47,48)49)27(44)33(56-23)41-22-40-26-30(35)38-21-39-31(26)41/h9-10,21-23,27-29,33,44-45H,4-8,11-20H2,1-3H3,(H,36,42)(H,37,46)(H,50,51)(H,52,53)(H2,35,38,39)(H2,47,48,49)/p-4/b10-9-/t23-,27-,28-,29+,33-/m1/s1. The average molecular weight is 958 g/mol. The number of rotatable bonds is 29. The number of hydrogen-bond acceptors (Lipinski definition) is 22. The van der Waals surface area contributed by atoms with E-state index in [-0.39, 0.29) is 41.6 Å². The highest BCUT2D eigenvalue weighted by atomic mass is 32.2. The summed E-state index contributed by atoms with van der Waals surface area (Å²) in [6.45, 7) is 2.33. The molecule has 2 unspecified atom stereocenters. The van der Waals surface area contributed by atoms with Crippen molar-refractivity contribution in [3.05, 3.63) is 24.8 Å². The molecule has 2 amide bonds. The Morgan fingerprint density at radius 1 is 0.984 bits per heavy atom. The number of allylic oxidation sites excluding steroid dienone is 2. The summed E-state index contributed by atoms with van der Waals surface area (Å²) < 4.78 is 60.7. The zero-order valence-electron chi connectivity index (χ0n) is 34.4. The van der Waals surface area contributed by atoms with Crippen molar-refractivity contribution in [2.24, 2.45) is 5.41 Å². The SMILES string of the molecule is CCCCCC/C=C\CCCCC(=O)SCCNC(=O)CCNC(=O)[C@H](O)C(C)(C)COP(=O)([O-])OP(=O)([O-])OC[C@H]1O[C@@H](n2cnc3c(N)ncnc32)[C@H](O)[C@@H]1OP(=O)([O-])[O-]. The first-order valence-electron chi connectivity index (χ1n) is 19.7. The quantitative estimate of drug-likeness (QED) is 0.0414. The Morgan fingerprint density at radius 3 is 2.34 bits per heavy atom. The van der Waals surface area contributed by atoms with Gasteiger partial charge in [0.05, 0.1) is 27.4 Å². The average Bonchev–Trinajstić information content (AvgIpc) is 3.75. The van der Waals surface area contributed by atoms with Crippen molar-refractivity contribution in [3.63, 3.8) is 0 Å². The van der Waals surface area contributed by atoms with Gasteiger partial charge in [-0.3, -0.25) is 28.1 Å². The summed E-state index contributed by atoms with van der Waals surface area (Å²) in [5, 5.41) is 26.4. The van der Waals surface area contributed by atoms with Gasteiger partial charge in [-0.05, 0) is 32.1 Å². The van der Waals surface area contributed by atoms with E-state index in [2.05, 4.69) is 62.5 Å². The number of anilines is 1. The molecule has 6 N–H and O–H groups in total. The number of unbranched alkanes of at least 4 members (excludes halogenated alkanes) is 6. The van der Waals surface area contributed by atoms with E-state index < -0.39 is 84.6 Å². The Hall–Kier alpha value is -2.70. The van der Waals surface area contributed by atoms with Crippen LogP contribution in [0.4, 0.5) is 5.82 Å². The van der Waals surface area contributed by atoms with Crippen molar-refractivity contribution in [2.45, 2.75) is 116 Å². The molecule has 28 heteroatoms. The molecule has 0 spiro atoms. The number of imidazole rings is 1. The molecule has 1 aliphatic heterocycles. The maximum Gasteiger partial charge on any atom is 0.274 e. The molecule has 62 heavy (non-hydrogen) atoms. The number of nitrogens with one attached hydrogen (secondary N) is 2. The molecular weight excluding hydrogens is 903 g/mol. The molecule has 2 aromatic heterocycles. The molecule has 1 saturated heterocycles. The number of ether oxygens (including phenoxy) is 1. The normalized spacial score (nSPS) is 20.9. The molecule has 0 aromatic carbocycles. The van der Waals surface area contributed by atoms with Crippen molar-refractivity contribution in [2.75, 3.05) is 37.8 Å². The topological polar surface area (TPSA) is 375 Å². The molecular formula is C34H54N7O17P3S-4. The number of aromatic nitrogens is 4. The molecule has 0 radical (unpaired) electrons. The predicted molar refractivity (Wildman–Crippen MR) is 215 cm³/mol. The summed E-state index contributed by atoms with van der Waals surface area (Å²) in [6.07, 6.45) is 5.83. The van der Waals surface area contributed by atoms with Crippen LogP contribution in [0.2, 0.25) is 0 Å². The Bertz CT molecular complexity index is 1950. The highest BCUT2D eigenvalue weighted by Gasteiger charge is 2.47. The second-order valence-electron chi connectivity index (χ2n) is 14.8. The summed E-state index contributed by atoms with van der Waals surface area (Å²) in [6, 6.07) is 0. The van der Waals surface area contributed by atoms with Crippen LogP contribution >= 0.6 is 35.2 Å². The van der Waals surface area contributed by atoms with E-state index in [1.165, 1.54) is 39.5 Å². The number of nitrogens with two attached hydrogens (primary N) is 1. The minimum Gasteiger partial charge on any atom is -0.790 e. The third kappa shape index (κ3) is 18.4. The molecule has 1 fully saturated rings. The maximum atomic E-state index is 12.6. The molecule has 24 nitrogen and oxygen atoms in total. The lowest BCUT2D eigenvalue weighted by Crippen LogP contribution is -2.46. The smallest absolute Gasteiger partial charge is 0.274 e. The molecule has 2 aromatic rings. The number of carbonyl (C=O) groups excluding carboxylic acids is 3. The van der Waals surface area contributed by atoms with Crippen LogP contribution < -0.4 is 35.9 Å². The minimum absolute atomic E-state index is 0.0196. The summed E-state index contributed by atoms with van der Waals surface area (Å²) >= 11 is 1.12. The van der Waals surface area contributed by atoms with E-state index in [0.29, 0.717) is 12.2 Å². The molecule has 1 aliphatic rings. The van der Waals surface area contributed by atoms with Gasteiger partial charge in [-0.1, -0.05) is 63.9 Å². The number of phosphoric acid groups is 3.